The molecule has 0 spiro atoms. The zero-order valence-electron chi connectivity index (χ0n) is 12.8. The Bertz CT molecular complexity index is 766. The van der Waals surface area contributed by atoms with E-state index in [1.807, 2.05) is 0 Å². The number of para-hydroxylation sites is 1. The highest BCUT2D eigenvalue weighted by atomic mass is 35.5. The quantitative estimate of drug-likeness (QED) is 0.733. The first kappa shape index (κ1) is 17.3. The van der Waals surface area contributed by atoms with Crippen molar-refractivity contribution in [3.05, 3.63) is 34.9 Å². The second-order valence-electron chi connectivity index (χ2n) is 4.17. The fraction of sp³-hybridized carbons (Fsp3) is 0.200. The topological polar surface area (TPSA) is 104 Å². The molecule has 0 fully saturated rings. The molecule has 0 bridgehead atoms. The van der Waals surface area contributed by atoms with Crippen molar-refractivity contribution in [1.29, 1.82) is 5.26 Å². The maximum Gasteiger partial charge on any atom is 0.342 e. The summed E-state index contributed by atoms with van der Waals surface area (Å²) in [6.45, 7) is -0.369. The number of hydrogen-bond donors (Lipinski definition) is 0. The fourth-order valence-electron chi connectivity index (χ4n) is 1.70. The second kappa shape index (κ2) is 7.99. The van der Waals surface area contributed by atoms with Gasteiger partial charge in [-0.25, -0.2) is 4.79 Å². The minimum Gasteiger partial charge on any atom is -0.480 e. The van der Waals surface area contributed by atoms with Crippen molar-refractivity contribution < 1.29 is 23.7 Å². The second-order valence-corrected chi connectivity index (χ2v) is 4.55. The average Bonchev–Trinajstić information content (AvgIpc) is 2.61. The third-order valence-corrected chi connectivity index (χ3v) is 3.06. The Morgan fingerprint density at radius 2 is 1.83 bits per heavy atom. The minimum absolute atomic E-state index is 0.0584. The SMILES string of the molecule is COc1nc(Oc2ccccc2C(=O)OCC#N)nc(OC)c1Cl. The van der Waals surface area contributed by atoms with Crippen LogP contribution in [0.5, 0.6) is 23.5 Å². The van der Waals surface area contributed by atoms with Gasteiger partial charge >= 0.3 is 12.0 Å². The normalized spacial score (nSPS) is 9.75. The van der Waals surface area contributed by atoms with Crippen molar-refractivity contribution in [2.24, 2.45) is 0 Å². The molecule has 0 saturated carbocycles. The number of nitriles is 1. The van der Waals surface area contributed by atoms with Gasteiger partial charge in [0.1, 0.15) is 17.4 Å². The Hall–Kier alpha value is -3.05. The van der Waals surface area contributed by atoms with E-state index in [0.717, 1.165) is 0 Å². The third kappa shape index (κ3) is 3.83. The molecule has 2 aromatic rings. The summed E-state index contributed by atoms with van der Waals surface area (Å²) < 4.78 is 20.4. The number of hydrogen-bond acceptors (Lipinski definition) is 8. The number of rotatable bonds is 6. The lowest BCUT2D eigenvalue weighted by Gasteiger charge is -2.11. The van der Waals surface area contributed by atoms with Gasteiger partial charge in [0.2, 0.25) is 11.8 Å². The van der Waals surface area contributed by atoms with Crippen LogP contribution >= 0.6 is 11.6 Å². The van der Waals surface area contributed by atoms with E-state index >= 15 is 0 Å². The molecule has 24 heavy (non-hydrogen) atoms. The minimum atomic E-state index is -0.708. The molecule has 124 valence electrons. The van der Waals surface area contributed by atoms with Gasteiger partial charge in [0, 0.05) is 0 Å². The van der Waals surface area contributed by atoms with E-state index in [2.05, 4.69) is 9.97 Å². The van der Waals surface area contributed by atoms with E-state index in [1.165, 1.54) is 26.4 Å². The zero-order valence-corrected chi connectivity index (χ0v) is 13.5. The van der Waals surface area contributed by atoms with Crippen LogP contribution in [0.15, 0.2) is 24.3 Å². The summed E-state index contributed by atoms with van der Waals surface area (Å²) in [5.74, 6) is -0.446. The van der Waals surface area contributed by atoms with Gasteiger partial charge in [-0.15, -0.1) is 0 Å². The van der Waals surface area contributed by atoms with E-state index < -0.39 is 5.97 Å². The predicted molar refractivity (Wildman–Crippen MR) is 82.6 cm³/mol. The first-order valence-corrected chi connectivity index (χ1v) is 6.95. The fourth-order valence-corrected chi connectivity index (χ4v) is 1.94. The van der Waals surface area contributed by atoms with Crippen LogP contribution in [0.4, 0.5) is 0 Å². The van der Waals surface area contributed by atoms with Gasteiger partial charge in [-0.3, -0.25) is 0 Å². The molecule has 0 atom stereocenters. The van der Waals surface area contributed by atoms with Crippen LogP contribution in [0.2, 0.25) is 5.02 Å². The van der Waals surface area contributed by atoms with Crippen molar-refractivity contribution in [2.75, 3.05) is 20.8 Å². The molecule has 0 saturated heterocycles. The Labute approximate surface area is 142 Å². The number of carbonyl (C=O) groups is 1. The van der Waals surface area contributed by atoms with Crippen LogP contribution in [0.3, 0.4) is 0 Å². The summed E-state index contributed by atoms with van der Waals surface area (Å²) >= 11 is 5.99. The van der Waals surface area contributed by atoms with Gasteiger partial charge in [0.25, 0.3) is 0 Å². The van der Waals surface area contributed by atoms with E-state index in [-0.39, 0.29) is 40.7 Å². The molecule has 0 unspecified atom stereocenters. The monoisotopic (exact) mass is 349 g/mol. The summed E-state index contributed by atoms with van der Waals surface area (Å²) in [5, 5.41) is 8.58. The number of aromatic nitrogens is 2. The van der Waals surface area contributed by atoms with Crippen molar-refractivity contribution >= 4 is 17.6 Å². The Morgan fingerprint density at radius 3 is 2.42 bits per heavy atom. The number of ether oxygens (including phenoxy) is 4. The predicted octanol–water partition coefficient (Wildman–Crippen LogP) is 2.62. The lowest BCUT2D eigenvalue weighted by Crippen LogP contribution is -2.08. The molecule has 8 nitrogen and oxygen atoms in total. The number of esters is 1. The number of halogens is 1. The molecule has 1 aromatic carbocycles. The van der Waals surface area contributed by atoms with E-state index in [9.17, 15) is 4.79 Å². The van der Waals surface area contributed by atoms with Crippen molar-refractivity contribution in [3.8, 4) is 29.6 Å². The number of carbonyl (C=O) groups excluding carboxylic acids is 1. The standard InChI is InChI=1S/C15H12ClN3O5/c1-21-12-11(16)13(22-2)19-15(18-12)24-10-6-4-3-5-9(10)14(20)23-8-7-17/h3-6H,8H2,1-2H3. The van der Waals surface area contributed by atoms with Crippen LogP contribution in [0, 0.1) is 11.3 Å². The van der Waals surface area contributed by atoms with Crippen LogP contribution in [-0.4, -0.2) is 36.8 Å². The highest BCUT2D eigenvalue weighted by molar-refractivity contribution is 6.33. The van der Waals surface area contributed by atoms with Gasteiger partial charge in [-0.2, -0.15) is 15.2 Å². The Balaban J connectivity index is 2.35. The maximum atomic E-state index is 12.0. The molecule has 2 rings (SSSR count). The number of benzene rings is 1. The maximum absolute atomic E-state index is 12.0. The molecule has 0 amide bonds. The van der Waals surface area contributed by atoms with Crippen molar-refractivity contribution in [3.63, 3.8) is 0 Å². The van der Waals surface area contributed by atoms with Gasteiger partial charge < -0.3 is 18.9 Å². The first-order chi connectivity index (χ1) is 11.6. The summed E-state index contributed by atoms with van der Waals surface area (Å²) in [5.41, 5.74) is 0.115. The summed E-state index contributed by atoms with van der Waals surface area (Å²) in [6.07, 6.45) is 0. The largest absolute Gasteiger partial charge is 0.480 e. The van der Waals surface area contributed by atoms with Crippen LogP contribution < -0.4 is 14.2 Å². The lowest BCUT2D eigenvalue weighted by molar-refractivity contribution is 0.0552. The smallest absolute Gasteiger partial charge is 0.342 e. The molecule has 0 radical (unpaired) electrons. The molecule has 1 aromatic heterocycles. The molecule has 0 aliphatic rings. The summed E-state index contributed by atoms with van der Waals surface area (Å²) in [7, 11) is 2.76. The van der Waals surface area contributed by atoms with E-state index in [0.29, 0.717) is 0 Å². The average molecular weight is 350 g/mol. The molecule has 0 aliphatic carbocycles. The number of nitrogens with zero attached hydrogens (tertiary/aromatic N) is 3. The zero-order chi connectivity index (χ0) is 17.5. The molecule has 0 N–H and O–H groups in total. The van der Waals surface area contributed by atoms with Gasteiger partial charge in [-0.05, 0) is 12.1 Å². The first-order valence-electron chi connectivity index (χ1n) is 6.57. The highest BCUT2D eigenvalue weighted by Gasteiger charge is 2.18. The van der Waals surface area contributed by atoms with Crippen LogP contribution in [0.25, 0.3) is 0 Å². The van der Waals surface area contributed by atoms with E-state index in [4.69, 9.17) is 35.8 Å². The Morgan fingerprint density at radius 1 is 1.21 bits per heavy atom. The third-order valence-electron chi connectivity index (χ3n) is 2.73. The Kier molecular flexibility index (Phi) is 5.76. The van der Waals surface area contributed by atoms with Crippen molar-refractivity contribution in [2.45, 2.75) is 0 Å². The molecule has 9 heteroatoms. The highest BCUT2D eigenvalue weighted by Crippen LogP contribution is 2.34. The molecule has 1 heterocycles. The van der Waals surface area contributed by atoms with Gasteiger partial charge in [0.15, 0.2) is 11.6 Å². The van der Waals surface area contributed by atoms with Gasteiger partial charge in [-0.1, -0.05) is 23.7 Å². The van der Waals surface area contributed by atoms with Crippen LogP contribution in [0.1, 0.15) is 10.4 Å². The van der Waals surface area contributed by atoms with Crippen molar-refractivity contribution in [1.82, 2.24) is 9.97 Å². The number of methoxy groups -OCH3 is 2. The summed E-state index contributed by atoms with van der Waals surface area (Å²) in [6, 6.07) is 7.88. The molecule has 0 aliphatic heterocycles. The van der Waals surface area contributed by atoms with Gasteiger partial charge in [0.05, 0.1) is 14.2 Å². The molecular formula is C15H12ClN3O5. The molecular weight excluding hydrogens is 338 g/mol. The summed E-state index contributed by atoms with van der Waals surface area (Å²) in [4.78, 5) is 19.9. The van der Waals surface area contributed by atoms with Crippen LogP contribution in [-0.2, 0) is 4.74 Å². The van der Waals surface area contributed by atoms with E-state index in [1.54, 1.807) is 18.2 Å². The lowest BCUT2D eigenvalue weighted by atomic mass is 10.2.